The van der Waals surface area contributed by atoms with E-state index < -0.39 is 5.97 Å². The summed E-state index contributed by atoms with van der Waals surface area (Å²) >= 11 is 0. The van der Waals surface area contributed by atoms with Crippen LogP contribution in [0.2, 0.25) is 0 Å². The monoisotopic (exact) mass is 348 g/mol. The molecule has 0 aromatic rings. The zero-order valence-corrected chi connectivity index (χ0v) is 16.4. The number of allylic oxidation sites excluding steroid dienone is 5. The molecular formula is C23H40O2. The van der Waals surface area contributed by atoms with E-state index in [9.17, 15) is 4.79 Å². The first-order chi connectivity index (χ1) is 12.3. The van der Waals surface area contributed by atoms with E-state index in [0.717, 1.165) is 12.5 Å². The minimum absolute atomic E-state index is 0.906. The lowest BCUT2D eigenvalue weighted by molar-refractivity contribution is -0.131. The molecule has 0 aromatic carbocycles. The Balaban J connectivity index is 3.17. The fourth-order valence-corrected chi connectivity index (χ4v) is 2.90. The van der Waals surface area contributed by atoms with Gasteiger partial charge in [0.15, 0.2) is 0 Å². The highest BCUT2D eigenvalue weighted by Gasteiger charge is 1.93. The smallest absolute Gasteiger partial charge is 0.328 e. The first-order valence-corrected chi connectivity index (χ1v) is 10.5. The molecule has 0 rings (SSSR count). The zero-order chi connectivity index (χ0) is 18.4. The maximum absolute atomic E-state index is 10.3. The number of unbranched alkanes of at least 4 members (excludes halogenated alkanes) is 14. The van der Waals surface area contributed by atoms with E-state index in [0.29, 0.717) is 0 Å². The highest BCUT2D eigenvalue weighted by atomic mass is 16.4. The van der Waals surface area contributed by atoms with E-state index in [1.165, 1.54) is 89.9 Å². The van der Waals surface area contributed by atoms with Crippen molar-refractivity contribution in [3.8, 4) is 0 Å². The van der Waals surface area contributed by atoms with Crippen molar-refractivity contribution in [3.05, 3.63) is 36.5 Å². The van der Waals surface area contributed by atoms with Crippen LogP contribution in [0.4, 0.5) is 0 Å². The molecule has 0 fully saturated rings. The van der Waals surface area contributed by atoms with E-state index in [2.05, 4.69) is 13.0 Å². The highest BCUT2D eigenvalue weighted by molar-refractivity contribution is 5.80. The van der Waals surface area contributed by atoms with Crippen molar-refractivity contribution in [3.63, 3.8) is 0 Å². The van der Waals surface area contributed by atoms with Crippen LogP contribution in [0.25, 0.3) is 0 Å². The maximum Gasteiger partial charge on any atom is 0.328 e. The highest BCUT2D eigenvalue weighted by Crippen LogP contribution is 2.13. The molecule has 0 bridgehead atoms. The van der Waals surface area contributed by atoms with Crippen LogP contribution in [0.3, 0.4) is 0 Å². The summed E-state index contributed by atoms with van der Waals surface area (Å²) in [6, 6.07) is 0. The molecule has 0 aromatic heterocycles. The van der Waals surface area contributed by atoms with Gasteiger partial charge in [0.2, 0.25) is 0 Å². The van der Waals surface area contributed by atoms with Crippen molar-refractivity contribution in [2.45, 2.75) is 103 Å². The van der Waals surface area contributed by atoms with Gasteiger partial charge in [-0.25, -0.2) is 4.79 Å². The molecule has 0 aliphatic carbocycles. The normalized spacial score (nSPS) is 12.0. The standard InChI is InChI=1S/C23H40O2/c1-2-3-4-5-6-7-8-9-10-11-12-13-14-15-16-17-18-19-20-21-22-23(24)25/h17-22H,2-16H2,1H3,(H,24,25). The Labute approximate surface area is 156 Å². The number of carbonyl (C=O) groups is 1. The fraction of sp³-hybridized carbons (Fsp3) is 0.696. The molecule has 0 saturated carbocycles. The van der Waals surface area contributed by atoms with Crippen molar-refractivity contribution >= 4 is 5.97 Å². The van der Waals surface area contributed by atoms with Crippen molar-refractivity contribution in [1.29, 1.82) is 0 Å². The van der Waals surface area contributed by atoms with E-state index in [1.807, 2.05) is 12.2 Å². The molecule has 0 radical (unpaired) electrons. The number of carboxylic acids is 1. The molecule has 0 unspecified atom stereocenters. The predicted molar refractivity (Wildman–Crippen MR) is 110 cm³/mol. The Morgan fingerprint density at radius 1 is 0.640 bits per heavy atom. The minimum Gasteiger partial charge on any atom is -0.478 e. The second kappa shape index (κ2) is 20.7. The van der Waals surface area contributed by atoms with Gasteiger partial charge in [0, 0.05) is 6.08 Å². The third-order valence-corrected chi connectivity index (χ3v) is 4.43. The molecule has 0 spiro atoms. The summed E-state index contributed by atoms with van der Waals surface area (Å²) < 4.78 is 0. The maximum atomic E-state index is 10.3. The largest absolute Gasteiger partial charge is 0.478 e. The van der Waals surface area contributed by atoms with Gasteiger partial charge in [0.1, 0.15) is 0 Å². The van der Waals surface area contributed by atoms with Gasteiger partial charge in [0.25, 0.3) is 0 Å². The predicted octanol–water partition coefficient (Wildman–Crippen LogP) is 7.61. The number of carboxylic acid groups (broad SMARTS) is 1. The van der Waals surface area contributed by atoms with Gasteiger partial charge >= 0.3 is 5.97 Å². The Morgan fingerprint density at radius 3 is 1.56 bits per heavy atom. The average molecular weight is 349 g/mol. The molecule has 1 N–H and O–H groups in total. The van der Waals surface area contributed by atoms with Crippen LogP contribution in [-0.4, -0.2) is 11.1 Å². The molecule has 0 amide bonds. The van der Waals surface area contributed by atoms with Gasteiger partial charge in [-0.2, -0.15) is 0 Å². The Hall–Kier alpha value is -1.31. The first-order valence-electron chi connectivity index (χ1n) is 10.5. The van der Waals surface area contributed by atoms with Crippen LogP contribution < -0.4 is 0 Å². The van der Waals surface area contributed by atoms with Crippen molar-refractivity contribution in [2.75, 3.05) is 0 Å². The topological polar surface area (TPSA) is 37.3 Å². The quantitative estimate of drug-likeness (QED) is 0.157. The van der Waals surface area contributed by atoms with Crippen LogP contribution in [0, 0.1) is 0 Å². The summed E-state index contributed by atoms with van der Waals surface area (Å²) in [5, 5.41) is 8.43. The minimum atomic E-state index is -0.906. The van der Waals surface area contributed by atoms with Crippen LogP contribution in [0.5, 0.6) is 0 Å². The lowest BCUT2D eigenvalue weighted by atomic mass is 10.0. The zero-order valence-electron chi connectivity index (χ0n) is 16.4. The summed E-state index contributed by atoms with van der Waals surface area (Å²) in [6.07, 6.45) is 31.1. The Kier molecular flexibility index (Phi) is 19.6. The summed E-state index contributed by atoms with van der Waals surface area (Å²) in [4.78, 5) is 10.3. The van der Waals surface area contributed by atoms with Crippen LogP contribution in [0.1, 0.15) is 103 Å². The summed E-state index contributed by atoms with van der Waals surface area (Å²) in [5.41, 5.74) is 0. The third-order valence-electron chi connectivity index (χ3n) is 4.43. The molecule has 0 atom stereocenters. The van der Waals surface area contributed by atoms with Gasteiger partial charge in [-0.05, 0) is 12.8 Å². The molecule has 0 aliphatic heterocycles. The molecule has 0 saturated heterocycles. The number of hydrogen-bond donors (Lipinski definition) is 1. The van der Waals surface area contributed by atoms with Crippen LogP contribution in [-0.2, 0) is 4.79 Å². The number of aliphatic carboxylic acids is 1. The van der Waals surface area contributed by atoms with Crippen LogP contribution in [0.15, 0.2) is 36.5 Å². The summed E-state index contributed by atoms with van der Waals surface area (Å²) in [7, 11) is 0. The molecule has 0 heterocycles. The fourth-order valence-electron chi connectivity index (χ4n) is 2.90. The van der Waals surface area contributed by atoms with Gasteiger partial charge < -0.3 is 5.11 Å². The lowest BCUT2D eigenvalue weighted by Gasteiger charge is -2.02. The van der Waals surface area contributed by atoms with E-state index in [-0.39, 0.29) is 0 Å². The summed E-state index contributed by atoms with van der Waals surface area (Å²) in [6.45, 7) is 2.28. The molecule has 144 valence electrons. The Bertz CT molecular complexity index is 366. The molecule has 2 heteroatoms. The SMILES string of the molecule is CCCCCCCCCCCCCCCCC=CC=CC=CC(=O)O. The van der Waals surface area contributed by atoms with Gasteiger partial charge in [0.05, 0.1) is 0 Å². The Morgan fingerprint density at radius 2 is 1.08 bits per heavy atom. The van der Waals surface area contributed by atoms with Crippen LogP contribution >= 0.6 is 0 Å². The van der Waals surface area contributed by atoms with Gasteiger partial charge in [-0.3, -0.25) is 0 Å². The van der Waals surface area contributed by atoms with E-state index in [4.69, 9.17) is 5.11 Å². The van der Waals surface area contributed by atoms with Crippen molar-refractivity contribution < 1.29 is 9.90 Å². The summed E-state index contributed by atoms with van der Waals surface area (Å²) in [5.74, 6) is -0.906. The second-order valence-electron chi connectivity index (χ2n) is 6.90. The number of hydrogen-bond acceptors (Lipinski definition) is 1. The third kappa shape index (κ3) is 22.7. The molecule has 0 aliphatic rings. The van der Waals surface area contributed by atoms with Gasteiger partial charge in [-0.1, -0.05) is 121 Å². The van der Waals surface area contributed by atoms with E-state index >= 15 is 0 Å². The van der Waals surface area contributed by atoms with Gasteiger partial charge in [-0.15, -0.1) is 0 Å². The van der Waals surface area contributed by atoms with E-state index in [1.54, 1.807) is 12.2 Å². The average Bonchev–Trinajstić information content (AvgIpc) is 2.60. The molecule has 2 nitrogen and oxygen atoms in total. The van der Waals surface area contributed by atoms with Crippen molar-refractivity contribution in [2.24, 2.45) is 0 Å². The molecule has 25 heavy (non-hydrogen) atoms. The first kappa shape index (κ1) is 23.7. The lowest BCUT2D eigenvalue weighted by Crippen LogP contribution is -1.84. The second-order valence-corrected chi connectivity index (χ2v) is 6.90. The van der Waals surface area contributed by atoms with Crippen molar-refractivity contribution in [1.82, 2.24) is 0 Å². The number of rotatable bonds is 18. The molecular weight excluding hydrogens is 308 g/mol.